The van der Waals surface area contributed by atoms with Crippen molar-refractivity contribution in [3.8, 4) is 0 Å². The van der Waals surface area contributed by atoms with E-state index >= 15 is 0 Å². The molecule has 0 spiro atoms. The highest BCUT2D eigenvalue weighted by Gasteiger charge is 2.34. The molecule has 3 N–H and O–H groups in total. The van der Waals surface area contributed by atoms with Gasteiger partial charge in [0.25, 0.3) is 0 Å². The number of benzene rings is 1. The first-order valence-corrected chi connectivity index (χ1v) is 5.90. The number of hydrogen-bond donors (Lipinski definition) is 2. The van der Waals surface area contributed by atoms with Crippen LogP contribution in [0.15, 0.2) is 18.2 Å². The Hall–Kier alpha value is -2.08. The van der Waals surface area contributed by atoms with Gasteiger partial charge in [0.1, 0.15) is 0 Å². The molecule has 19 heavy (non-hydrogen) atoms. The first-order valence-electron chi connectivity index (χ1n) is 5.52. The van der Waals surface area contributed by atoms with E-state index in [-0.39, 0.29) is 29.5 Å². The highest BCUT2D eigenvalue weighted by atomic mass is 35.5. The second-order valence-corrected chi connectivity index (χ2v) is 4.69. The van der Waals surface area contributed by atoms with Crippen LogP contribution in [0.5, 0.6) is 0 Å². The van der Waals surface area contributed by atoms with E-state index < -0.39 is 17.8 Å². The third kappa shape index (κ3) is 2.53. The maximum Gasteiger partial charge on any atom is 0.335 e. The molecule has 1 fully saturated rings. The summed E-state index contributed by atoms with van der Waals surface area (Å²) >= 11 is 5.97. The monoisotopic (exact) mass is 282 g/mol. The Kier molecular flexibility index (Phi) is 3.44. The Bertz CT molecular complexity index is 573. The maximum absolute atomic E-state index is 11.8. The lowest BCUT2D eigenvalue weighted by Crippen LogP contribution is -2.28. The van der Waals surface area contributed by atoms with Crippen LogP contribution in [0.4, 0.5) is 5.69 Å². The van der Waals surface area contributed by atoms with E-state index in [4.69, 9.17) is 22.4 Å². The molecule has 1 aromatic rings. The van der Waals surface area contributed by atoms with Crippen LogP contribution >= 0.6 is 11.6 Å². The van der Waals surface area contributed by atoms with Gasteiger partial charge in [0.05, 0.1) is 22.2 Å². The smallest absolute Gasteiger partial charge is 0.335 e. The van der Waals surface area contributed by atoms with Gasteiger partial charge in [-0.05, 0) is 18.2 Å². The van der Waals surface area contributed by atoms with Crippen LogP contribution in [0, 0.1) is 5.92 Å². The summed E-state index contributed by atoms with van der Waals surface area (Å²) in [4.78, 5) is 35.0. The fourth-order valence-corrected chi connectivity index (χ4v) is 2.27. The molecule has 1 atom stereocenters. The molecule has 1 heterocycles. The standard InChI is InChI=1S/C12H11ClN2O4/c13-8-3-6(12(18)19)1-2-9(8)15-5-7(11(14)17)4-10(15)16/h1-3,7H,4-5H2,(H2,14,17)(H,18,19). The fraction of sp³-hybridized carbons (Fsp3) is 0.250. The van der Waals surface area contributed by atoms with Gasteiger partial charge in [0.2, 0.25) is 11.8 Å². The first-order chi connectivity index (χ1) is 8.90. The molecular formula is C12H11ClN2O4. The third-order valence-electron chi connectivity index (χ3n) is 3.01. The lowest BCUT2D eigenvalue weighted by molar-refractivity contribution is -0.123. The summed E-state index contributed by atoms with van der Waals surface area (Å²) < 4.78 is 0. The fourth-order valence-electron chi connectivity index (χ4n) is 1.99. The van der Waals surface area contributed by atoms with Crippen LogP contribution in [-0.4, -0.2) is 29.4 Å². The number of rotatable bonds is 3. The second-order valence-electron chi connectivity index (χ2n) is 4.28. The molecule has 1 aliphatic rings. The van der Waals surface area contributed by atoms with Crippen molar-refractivity contribution in [2.24, 2.45) is 11.7 Å². The van der Waals surface area contributed by atoms with Crippen molar-refractivity contribution in [2.45, 2.75) is 6.42 Å². The molecule has 1 aliphatic heterocycles. The molecule has 7 heteroatoms. The van der Waals surface area contributed by atoms with Gasteiger partial charge in [-0.1, -0.05) is 11.6 Å². The Morgan fingerprint density at radius 1 is 1.42 bits per heavy atom. The van der Waals surface area contributed by atoms with Crippen molar-refractivity contribution in [3.63, 3.8) is 0 Å². The first kappa shape index (κ1) is 13.4. The molecule has 0 aliphatic carbocycles. The molecular weight excluding hydrogens is 272 g/mol. The van der Waals surface area contributed by atoms with E-state index in [2.05, 4.69) is 0 Å². The van der Waals surface area contributed by atoms with Gasteiger partial charge in [0, 0.05) is 13.0 Å². The summed E-state index contributed by atoms with van der Waals surface area (Å²) in [6, 6.07) is 4.07. The van der Waals surface area contributed by atoms with Gasteiger partial charge in [-0.2, -0.15) is 0 Å². The van der Waals surface area contributed by atoms with Crippen molar-refractivity contribution in [1.82, 2.24) is 0 Å². The molecule has 6 nitrogen and oxygen atoms in total. The minimum Gasteiger partial charge on any atom is -0.478 e. The number of carboxylic acids is 1. The van der Waals surface area contributed by atoms with E-state index in [0.29, 0.717) is 5.69 Å². The number of carbonyl (C=O) groups excluding carboxylic acids is 2. The molecule has 0 aromatic heterocycles. The molecule has 100 valence electrons. The van der Waals surface area contributed by atoms with Gasteiger partial charge < -0.3 is 15.7 Å². The van der Waals surface area contributed by atoms with Crippen molar-refractivity contribution in [1.29, 1.82) is 0 Å². The largest absolute Gasteiger partial charge is 0.478 e. The zero-order valence-electron chi connectivity index (χ0n) is 9.80. The minimum absolute atomic E-state index is 0.0341. The Balaban J connectivity index is 2.30. The quantitative estimate of drug-likeness (QED) is 0.859. The maximum atomic E-state index is 11.8. The Morgan fingerprint density at radius 2 is 2.11 bits per heavy atom. The highest BCUT2D eigenvalue weighted by Crippen LogP contribution is 2.31. The number of halogens is 1. The van der Waals surface area contributed by atoms with Crippen LogP contribution in [0.3, 0.4) is 0 Å². The number of nitrogens with two attached hydrogens (primary N) is 1. The number of carboxylic acid groups (broad SMARTS) is 1. The van der Waals surface area contributed by atoms with Crippen LogP contribution in [0.1, 0.15) is 16.8 Å². The molecule has 2 amide bonds. The molecule has 0 radical (unpaired) electrons. The van der Waals surface area contributed by atoms with Crippen LogP contribution in [-0.2, 0) is 9.59 Å². The Morgan fingerprint density at radius 3 is 2.58 bits per heavy atom. The van der Waals surface area contributed by atoms with Crippen LogP contribution < -0.4 is 10.6 Å². The summed E-state index contributed by atoms with van der Waals surface area (Å²) in [5.74, 6) is -2.43. The number of carbonyl (C=O) groups is 3. The van der Waals surface area contributed by atoms with E-state index in [1.165, 1.54) is 23.1 Å². The van der Waals surface area contributed by atoms with E-state index in [1.807, 2.05) is 0 Å². The molecule has 1 saturated heterocycles. The Labute approximate surface area is 113 Å². The summed E-state index contributed by atoms with van der Waals surface area (Å²) in [5.41, 5.74) is 5.60. The predicted molar refractivity (Wildman–Crippen MR) is 68.1 cm³/mol. The SMILES string of the molecule is NC(=O)C1CC(=O)N(c2ccc(C(=O)O)cc2Cl)C1. The summed E-state index contributed by atoms with van der Waals surface area (Å²) in [6.45, 7) is 0.167. The highest BCUT2D eigenvalue weighted by molar-refractivity contribution is 6.34. The normalized spacial score (nSPS) is 18.7. The van der Waals surface area contributed by atoms with E-state index in [1.54, 1.807) is 0 Å². The predicted octanol–water partition coefficient (Wildman–Crippen LogP) is 0.876. The van der Waals surface area contributed by atoms with Crippen molar-refractivity contribution in [2.75, 3.05) is 11.4 Å². The third-order valence-corrected chi connectivity index (χ3v) is 3.32. The lowest BCUT2D eigenvalue weighted by atomic mass is 10.1. The van der Waals surface area contributed by atoms with Gasteiger partial charge in [-0.25, -0.2) is 4.79 Å². The van der Waals surface area contributed by atoms with E-state index in [9.17, 15) is 14.4 Å². The number of amides is 2. The average molecular weight is 283 g/mol. The van der Waals surface area contributed by atoms with Crippen molar-refractivity contribution in [3.05, 3.63) is 28.8 Å². The zero-order chi connectivity index (χ0) is 14.2. The lowest BCUT2D eigenvalue weighted by Gasteiger charge is -2.18. The molecule has 2 rings (SSSR count). The number of nitrogens with zero attached hydrogens (tertiary/aromatic N) is 1. The summed E-state index contributed by atoms with van der Waals surface area (Å²) in [6.07, 6.45) is 0.0480. The zero-order valence-corrected chi connectivity index (χ0v) is 10.6. The number of anilines is 1. The van der Waals surface area contributed by atoms with E-state index in [0.717, 1.165) is 0 Å². The van der Waals surface area contributed by atoms with Gasteiger partial charge >= 0.3 is 5.97 Å². The number of hydrogen-bond acceptors (Lipinski definition) is 3. The number of aromatic carboxylic acids is 1. The molecule has 0 bridgehead atoms. The van der Waals surface area contributed by atoms with Gasteiger partial charge in [-0.15, -0.1) is 0 Å². The molecule has 0 saturated carbocycles. The summed E-state index contributed by atoms with van der Waals surface area (Å²) in [5, 5.41) is 8.98. The second kappa shape index (κ2) is 4.89. The van der Waals surface area contributed by atoms with Crippen LogP contribution in [0.25, 0.3) is 0 Å². The molecule has 1 unspecified atom stereocenters. The average Bonchev–Trinajstić information content (AvgIpc) is 2.71. The van der Waals surface area contributed by atoms with Crippen LogP contribution in [0.2, 0.25) is 5.02 Å². The van der Waals surface area contributed by atoms with Crippen molar-refractivity contribution < 1.29 is 19.5 Å². The number of primary amides is 1. The summed E-state index contributed by atoms with van der Waals surface area (Å²) in [7, 11) is 0. The topological polar surface area (TPSA) is 101 Å². The molecule has 1 aromatic carbocycles. The van der Waals surface area contributed by atoms with Crippen molar-refractivity contribution >= 4 is 35.1 Å². The minimum atomic E-state index is -1.10. The van der Waals surface area contributed by atoms with Gasteiger partial charge in [-0.3, -0.25) is 9.59 Å². The van der Waals surface area contributed by atoms with Gasteiger partial charge in [0.15, 0.2) is 0 Å².